The molecular weight excluding hydrogens is 208 g/mol. The molecule has 88 valence electrons. The predicted octanol–water partition coefficient (Wildman–Crippen LogP) is 1.67. The maximum Gasteiger partial charge on any atom is 0.269 e. The monoisotopic (exact) mass is 224 g/mol. The lowest BCUT2D eigenvalue weighted by molar-refractivity contribution is -0.384. The second-order valence-corrected chi connectivity index (χ2v) is 3.65. The van der Waals surface area contributed by atoms with Crippen molar-refractivity contribution in [1.82, 2.24) is 4.90 Å². The van der Waals surface area contributed by atoms with Crippen LogP contribution in [0.3, 0.4) is 0 Å². The van der Waals surface area contributed by atoms with Crippen LogP contribution in [0.5, 0.6) is 0 Å². The Hall–Kier alpha value is -1.46. The number of nitrogens with zero attached hydrogens (tertiary/aromatic N) is 2. The number of rotatable bonds is 6. The summed E-state index contributed by atoms with van der Waals surface area (Å²) in [6.07, 6.45) is 0. The topological polar surface area (TPSA) is 55.6 Å². The van der Waals surface area contributed by atoms with E-state index in [0.29, 0.717) is 6.61 Å². The molecule has 5 nitrogen and oxygen atoms in total. The maximum absolute atomic E-state index is 10.5. The zero-order valence-corrected chi connectivity index (χ0v) is 9.55. The SMILES string of the molecule is COCCN(C)Cc1ccc([N+](=O)[O-])cc1. The molecule has 1 rings (SSSR count). The number of nitro groups is 1. The first-order valence-corrected chi connectivity index (χ1v) is 5.04. The van der Waals surface area contributed by atoms with Gasteiger partial charge in [-0.05, 0) is 12.6 Å². The summed E-state index contributed by atoms with van der Waals surface area (Å²) in [5.41, 5.74) is 1.19. The van der Waals surface area contributed by atoms with Crippen molar-refractivity contribution in [3.63, 3.8) is 0 Å². The van der Waals surface area contributed by atoms with Crippen LogP contribution in [0.4, 0.5) is 5.69 Å². The molecule has 0 N–H and O–H groups in total. The summed E-state index contributed by atoms with van der Waals surface area (Å²) in [4.78, 5) is 12.2. The third-order valence-corrected chi connectivity index (χ3v) is 2.28. The van der Waals surface area contributed by atoms with Gasteiger partial charge in [0.15, 0.2) is 0 Å². The van der Waals surface area contributed by atoms with Crippen LogP contribution in [0.1, 0.15) is 5.56 Å². The van der Waals surface area contributed by atoms with Gasteiger partial charge in [-0.15, -0.1) is 0 Å². The van der Waals surface area contributed by atoms with E-state index in [9.17, 15) is 10.1 Å². The Morgan fingerprint density at radius 3 is 2.50 bits per heavy atom. The molecular formula is C11H16N2O3. The summed E-state index contributed by atoms with van der Waals surface area (Å²) in [5.74, 6) is 0. The molecule has 0 amide bonds. The fourth-order valence-corrected chi connectivity index (χ4v) is 1.36. The smallest absolute Gasteiger partial charge is 0.269 e. The van der Waals surface area contributed by atoms with E-state index in [-0.39, 0.29) is 5.69 Å². The Kier molecular flexibility index (Phi) is 4.88. The number of hydrogen-bond acceptors (Lipinski definition) is 4. The molecule has 16 heavy (non-hydrogen) atoms. The van der Waals surface area contributed by atoms with Gasteiger partial charge in [0.05, 0.1) is 11.5 Å². The number of ether oxygens (including phenoxy) is 1. The fraction of sp³-hybridized carbons (Fsp3) is 0.455. The Bertz CT molecular complexity index is 338. The van der Waals surface area contributed by atoms with Crippen molar-refractivity contribution in [2.24, 2.45) is 0 Å². The van der Waals surface area contributed by atoms with Gasteiger partial charge in [0, 0.05) is 32.3 Å². The lowest BCUT2D eigenvalue weighted by Gasteiger charge is -2.15. The molecule has 0 aromatic heterocycles. The third-order valence-electron chi connectivity index (χ3n) is 2.28. The highest BCUT2D eigenvalue weighted by Gasteiger charge is 2.05. The highest BCUT2D eigenvalue weighted by atomic mass is 16.6. The van der Waals surface area contributed by atoms with Gasteiger partial charge < -0.3 is 4.74 Å². The number of likely N-dealkylation sites (N-methyl/N-ethyl adjacent to an activating group) is 1. The first kappa shape index (κ1) is 12.6. The molecule has 1 aromatic carbocycles. The normalized spacial score (nSPS) is 10.7. The third kappa shape index (κ3) is 3.96. The summed E-state index contributed by atoms with van der Waals surface area (Å²) in [7, 11) is 3.65. The van der Waals surface area contributed by atoms with Crippen LogP contribution in [0.25, 0.3) is 0 Å². The first-order valence-electron chi connectivity index (χ1n) is 5.04. The molecule has 0 aliphatic heterocycles. The molecule has 0 saturated heterocycles. The number of hydrogen-bond donors (Lipinski definition) is 0. The number of non-ortho nitro benzene ring substituents is 1. The maximum atomic E-state index is 10.5. The summed E-state index contributed by atoms with van der Waals surface area (Å²) >= 11 is 0. The van der Waals surface area contributed by atoms with Crippen molar-refractivity contribution in [2.75, 3.05) is 27.3 Å². The summed E-state index contributed by atoms with van der Waals surface area (Å²) in [5, 5.41) is 10.5. The van der Waals surface area contributed by atoms with Gasteiger partial charge in [-0.3, -0.25) is 15.0 Å². The van der Waals surface area contributed by atoms with Crippen LogP contribution in [0.15, 0.2) is 24.3 Å². The molecule has 1 aromatic rings. The van der Waals surface area contributed by atoms with Crippen LogP contribution < -0.4 is 0 Å². The average Bonchev–Trinajstić information content (AvgIpc) is 2.27. The van der Waals surface area contributed by atoms with Crippen LogP contribution in [0, 0.1) is 10.1 Å². The van der Waals surface area contributed by atoms with Crippen molar-refractivity contribution < 1.29 is 9.66 Å². The van der Waals surface area contributed by atoms with E-state index < -0.39 is 4.92 Å². The molecule has 0 radical (unpaired) electrons. The van der Waals surface area contributed by atoms with E-state index >= 15 is 0 Å². The highest BCUT2D eigenvalue weighted by Crippen LogP contribution is 2.12. The van der Waals surface area contributed by atoms with Crippen molar-refractivity contribution >= 4 is 5.69 Å². The van der Waals surface area contributed by atoms with Crippen molar-refractivity contribution in [1.29, 1.82) is 0 Å². The molecule has 0 fully saturated rings. The van der Waals surface area contributed by atoms with Crippen molar-refractivity contribution in [3.8, 4) is 0 Å². The second-order valence-electron chi connectivity index (χ2n) is 3.65. The van der Waals surface area contributed by atoms with E-state index in [1.807, 2.05) is 7.05 Å². The molecule has 0 spiro atoms. The van der Waals surface area contributed by atoms with Gasteiger partial charge in [0.1, 0.15) is 0 Å². The van der Waals surface area contributed by atoms with Gasteiger partial charge in [0.2, 0.25) is 0 Å². The second kappa shape index (κ2) is 6.19. The van der Waals surface area contributed by atoms with Crippen molar-refractivity contribution in [2.45, 2.75) is 6.54 Å². The Morgan fingerprint density at radius 1 is 1.38 bits per heavy atom. The number of benzene rings is 1. The molecule has 0 saturated carbocycles. The van der Waals surface area contributed by atoms with E-state index in [2.05, 4.69) is 4.90 Å². The number of nitro benzene ring substituents is 1. The van der Waals surface area contributed by atoms with E-state index in [1.54, 1.807) is 19.2 Å². The minimum absolute atomic E-state index is 0.128. The van der Waals surface area contributed by atoms with Gasteiger partial charge >= 0.3 is 0 Å². The molecule has 0 atom stereocenters. The summed E-state index contributed by atoms with van der Waals surface area (Å²) in [6.45, 7) is 2.29. The van der Waals surface area contributed by atoms with Gasteiger partial charge in [-0.1, -0.05) is 12.1 Å². The van der Waals surface area contributed by atoms with Crippen LogP contribution in [0.2, 0.25) is 0 Å². The summed E-state index contributed by atoms with van der Waals surface area (Å²) < 4.78 is 4.97. The number of methoxy groups -OCH3 is 1. The molecule has 0 unspecified atom stereocenters. The summed E-state index contributed by atoms with van der Waals surface area (Å²) in [6, 6.07) is 6.61. The quantitative estimate of drug-likeness (QED) is 0.545. The minimum atomic E-state index is -0.390. The van der Waals surface area contributed by atoms with E-state index in [4.69, 9.17) is 4.74 Å². The Labute approximate surface area is 94.8 Å². The predicted molar refractivity (Wildman–Crippen MR) is 61.3 cm³/mol. The first-order chi connectivity index (χ1) is 7.63. The molecule has 0 bridgehead atoms. The average molecular weight is 224 g/mol. The van der Waals surface area contributed by atoms with E-state index in [1.165, 1.54) is 12.1 Å². The molecule has 0 heterocycles. The van der Waals surface area contributed by atoms with Crippen LogP contribution >= 0.6 is 0 Å². The molecule has 0 aliphatic carbocycles. The van der Waals surface area contributed by atoms with Crippen molar-refractivity contribution in [3.05, 3.63) is 39.9 Å². The van der Waals surface area contributed by atoms with Gasteiger partial charge in [0.25, 0.3) is 5.69 Å². The van der Waals surface area contributed by atoms with Gasteiger partial charge in [-0.25, -0.2) is 0 Å². The standard InChI is InChI=1S/C11H16N2O3/c1-12(7-8-16-2)9-10-3-5-11(6-4-10)13(14)15/h3-6H,7-9H2,1-2H3. The Morgan fingerprint density at radius 2 is 2.00 bits per heavy atom. The minimum Gasteiger partial charge on any atom is -0.383 e. The largest absolute Gasteiger partial charge is 0.383 e. The highest BCUT2D eigenvalue weighted by molar-refractivity contribution is 5.32. The van der Waals surface area contributed by atoms with Crippen LogP contribution in [-0.2, 0) is 11.3 Å². The molecule has 5 heteroatoms. The zero-order chi connectivity index (χ0) is 12.0. The zero-order valence-electron chi connectivity index (χ0n) is 9.55. The van der Waals surface area contributed by atoms with Gasteiger partial charge in [-0.2, -0.15) is 0 Å². The van der Waals surface area contributed by atoms with Crippen LogP contribution in [-0.4, -0.2) is 37.1 Å². The molecule has 0 aliphatic rings. The fourth-order valence-electron chi connectivity index (χ4n) is 1.36. The lowest BCUT2D eigenvalue weighted by atomic mass is 10.2. The lowest BCUT2D eigenvalue weighted by Crippen LogP contribution is -2.22. The Balaban J connectivity index is 2.51. The van der Waals surface area contributed by atoms with E-state index in [0.717, 1.165) is 18.7 Å².